The van der Waals surface area contributed by atoms with Gasteiger partial charge in [-0.2, -0.15) is 0 Å². The number of ether oxygens (including phenoxy) is 2. The highest BCUT2D eigenvalue weighted by Gasteiger charge is 2.27. The third kappa shape index (κ3) is 5.57. The molecule has 0 radical (unpaired) electrons. The molecule has 0 aliphatic carbocycles. The topological polar surface area (TPSA) is 30.5 Å². The van der Waals surface area contributed by atoms with E-state index in [4.69, 9.17) is 9.47 Å². The smallest absolute Gasteiger partial charge is 0.118 e. The summed E-state index contributed by atoms with van der Waals surface area (Å²) >= 11 is 0. The van der Waals surface area contributed by atoms with Gasteiger partial charge in [-0.3, -0.25) is 0 Å². The second-order valence-corrected chi connectivity index (χ2v) is 8.24. The van der Waals surface area contributed by atoms with Crippen molar-refractivity contribution < 1.29 is 9.47 Å². The van der Waals surface area contributed by atoms with E-state index in [0.717, 1.165) is 44.8 Å². The van der Waals surface area contributed by atoms with Crippen molar-refractivity contribution in [3.8, 4) is 5.75 Å². The monoisotopic (exact) mass is 367 g/mol. The summed E-state index contributed by atoms with van der Waals surface area (Å²) in [5.74, 6) is 1.63. The standard InChI is InChI=1S/C24H33NO2/c1-24(2,21-9-11-22(26-3)12-10-21)17-23(20-7-5-4-6-8-20)25-18-19-13-15-27-16-14-19/h4-12,19,23,25H,13-18H2,1-3H3. The molecule has 2 aromatic rings. The minimum atomic E-state index is 0.0649. The van der Waals surface area contributed by atoms with Crippen LogP contribution in [0, 0.1) is 5.92 Å². The van der Waals surface area contributed by atoms with Crippen LogP contribution in [-0.2, 0) is 10.2 Å². The second kappa shape index (κ2) is 9.38. The molecule has 1 aliphatic heterocycles. The first kappa shape index (κ1) is 19.9. The van der Waals surface area contributed by atoms with E-state index >= 15 is 0 Å². The molecule has 0 aromatic heterocycles. The van der Waals surface area contributed by atoms with E-state index in [2.05, 4.69) is 73.8 Å². The molecule has 0 spiro atoms. The van der Waals surface area contributed by atoms with Gasteiger partial charge in [-0.1, -0.05) is 56.3 Å². The molecule has 1 aliphatic rings. The average molecular weight is 368 g/mol. The molecule has 1 fully saturated rings. The molecular formula is C24H33NO2. The molecule has 3 rings (SSSR count). The summed E-state index contributed by atoms with van der Waals surface area (Å²) in [6.45, 7) is 7.53. The Morgan fingerprint density at radius 2 is 1.70 bits per heavy atom. The maximum absolute atomic E-state index is 5.51. The van der Waals surface area contributed by atoms with Crippen LogP contribution >= 0.6 is 0 Å². The van der Waals surface area contributed by atoms with Crippen molar-refractivity contribution in [2.75, 3.05) is 26.9 Å². The number of methoxy groups -OCH3 is 1. The second-order valence-electron chi connectivity index (χ2n) is 8.24. The molecular weight excluding hydrogens is 334 g/mol. The van der Waals surface area contributed by atoms with E-state index in [0.29, 0.717) is 12.0 Å². The zero-order valence-electron chi connectivity index (χ0n) is 16.9. The van der Waals surface area contributed by atoms with Crippen LogP contribution < -0.4 is 10.1 Å². The Morgan fingerprint density at radius 1 is 1.04 bits per heavy atom. The predicted molar refractivity (Wildman–Crippen MR) is 111 cm³/mol. The maximum atomic E-state index is 5.51. The highest BCUT2D eigenvalue weighted by molar-refractivity contribution is 5.32. The van der Waals surface area contributed by atoms with E-state index in [1.165, 1.54) is 11.1 Å². The van der Waals surface area contributed by atoms with Gasteiger partial charge in [0.2, 0.25) is 0 Å². The normalized spacial score (nSPS) is 16.9. The molecule has 27 heavy (non-hydrogen) atoms. The van der Waals surface area contributed by atoms with Crippen LogP contribution in [0.25, 0.3) is 0 Å². The third-order valence-electron chi connectivity index (χ3n) is 5.78. The van der Waals surface area contributed by atoms with Gasteiger partial charge in [0.25, 0.3) is 0 Å². The minimum Gasteiger partial charge on any atom is -0.497 e. The predicted octanol–water partition coefficient (Wildman–Crippen LogP) is 5.12. The van der Waals surface area contributed by atoms with Crippen molar-refractivity contribution in [2.45, 2.75) is 44.6 Å². The molecule has 3 nitrogen and oxygen atoms in total. The molecule has 1 N–H and O–H groups in total. The summed E-state index contributed by atoms with van der Waals surface area (Å²) in [7, 11) is 1.71. The van der Waals surface area contributed by atoms with Crippen molar-refractivity contribution >= 4 is 0 Å². The van der Waals surface area contributed by atoms with Crippen LogP contribution in [-0.4, -0.2) is 26.9 Å². The SMILES string of the molecule is COc1ccc(C(C)(C)CC(NCC2CCOCC2)c2ccccc2)cc1. The van der Waals surface area contributed by atoms with Crippen LogP contribution in [0.1, 0.15) is 50.3 Å². The zero-order chi connectivity index (χ0) is 19.1. The summed E-state index contributed by atoms with van der Waals surface area (Å²) < 4.78 is 10.8. The maximum Gasteiger partial charge on any atom is 0.118 e. The van der Waals surface area contributed by atoms with Gasteiger partial charge in [0.1, 0.15) is 5.75 Å². The average Bonchev–Trinajstić information content (AvgIpc) is 2.72. The van der Waals surface area contributed by atoms with E-state index in [1.54, 1.807) is 7.11 Å². The van der Waals surface area contributed by atoms with Crippen LogP contribution in [0.5, 0.6) is 5.75 Å². The van der Waals surface area contributed by atoms with E-state index in [1.807, 2.05) is 0 Å². The highest BCUT2D eigenvalue weighted by Crippen LogP contribution is 2.34. The Morgan fingerprint density at radius 3 is 2.33 bits per heavy atom. The molecule has 0 saturated carbocycles. The van der Waals surface area contributed by atoms with Gasteiger partial charge < -0.3 is 14.8 Å². The molecule has 3 heteroatoms. The molecule has 1 atom stereocenters. The Balaban J connectivity index is 1.72. The van der Waals surface area contributed by atoms with Gasteiger partial charge in [0.05, 0.1) is 7.11 Å². The lowest BCUT2D eigenvalue weighted by Gasteiger charge is -2.33. The quantitative estimate of drug-likeness (QED) is 0.702. The van der Waals surface area contributed by atoms with E-state index in [-0.39, 0.29) is 5.41 Å². The largest absolute Gasteiger partial charge is 0.497 e. The fourth-order valence-corrected chi connectivity index (χ4v) is 3.92. The Bertz CT molecular complexity index is 675. The number of nitrogens with one attached hydrogen (secondary N) is 1. The van der Waals surface area contributed by atoms with Crippen molar-refractivity contribution in [1.82, 2.24) is 5.32 Å². The Hall–Kier alpha value is -1.84. The molecule has 1 heterocycles. The lowest BCUT2D eigenvalue weighted by Crippen LogP contribution is -2.34. The lowest BCUT2D eigenvalue weighted by atomic mass is 9.77. The van der Waals surface area contributed by atoms with Gasteiger partial charge in [0.15, 0.2) is 0 Å². The lowest BCUT2D eigenvalue weighted by molar-refractivity contribution is 0.0651. The molecule has 1 unspecified atom stereocenters. The van der Waals surface area contributed by atoms with E-state index < -0.39 is 0 Å². The first-order valence-corrected chi connectivity index (χ1v) is 10.1. The first-order chi connectivity index (χ1) is 13.1. The van der Waals surface area contributed by atoms with Gasteiger partial charge in [0, 0.05) is 19.3 Å². The van der Waals surface area contributed by atoms with Gasteiger partial charge in [-0.05, 0) is 60.4 Å². The first-order valence-electron chi connectivity index (χ1n) is 10.1. The zero-order valence-corrected chi connectivity index (χ0v) is 16.9. The van der Waals surface area contributed by atoms with Crippen molar-refractivity contribution in [1.29, 1.82) is 0 Å². The molecule has 0 amide bonds. The summed E-state index contributed by atoms with van der Waals surface area (Å²) in [5.41, 5.74) is 2.78. The minimum absolute atomic E-state index is 0.0649. The van der Waals surface area contributed by atoms with Crippen LogP contribution in [0.15, 0.2) is 54.6 Å². The number of hydrogen-bond donors (Lipinski definition) is 1. The van der Waals surface area contributed by atoms with Crippen molar-refractivity contribution in [3.63, 3.8) is 0 Å². The summed E-state index contributed by atoms with van der Waals surface area (Å²) in [6.07, 6.45) is 3.37. The van der Waals surface area contributed by atoms with E-state index in [9.17, 15) is 0 Å². The van der Waals surface area contributed by atoms with Crippen molar-refractivity contribution in [3.05, 3.63) is 65.7 Å². The number of rotatable bonds is 8. The van der Waals surface area contributed by atoms with Crippen LogP contribution in [0.2, 0.25) is 0 Å². The summed E-state index contributed by atoms with van der Waals surface area (Å²) in [6, 6.07) is 19.7. The summed E-state index contributed by atoms with van der Waals surface area (Å²) in [5, 5.41) is 3.87. The molecule has 1 saturated heterocycles. The van der Waals surface area contributed by atoms with Gasteiger partial charge >= 0.3 is 0 Å². The Kier molecular flexibility index (Phi) is 6.92. The fraction of sp³-hybridized carbons (Fsp3) is 0.500. The molecule has 2 aromatic carbocycles. The Labute approximate surface area is 164 Å². The van der Waals surface area contributed by atoms with Crippen LogP contribution in [0.4, 0.5) is 0 Å². The third-order valence-corrected chi connectivity index (χ3v) is 5.78. The van der Waals surface area contributed by atoms with Crippen LogP contribution in [0.3, 0.4) is 0 Å². The van der Waals surface area contributed by atoms with Gasteiger partial charge in [-0.25, -0.2) is 0 Å². The molecule has 0 bridgehead atoms. The fourth-order valence-electron chi connectivity index (χ4n) is 3.92. The highest BCUT2D eigenvalue weighted by atomic mass is 16.5. The van der Waals surface area contributed by atoms with Crippen molar-refractivity contribution in [2.24, 2.45) is 5.92 Å². The number of benzene rings is 2. The number of hydrogen-bond acceptors (Lipinski definition) is 3. The molecule has 146 valence electrons. The van der Waals surface area contributed by atoms with Gasteiger partial charge in [-0.15, -0.1) is 0 Å². The summed E-state index contributed by atoms with van der Waals surface area (Å²) in [4.78, 5) is 0.